The van der Waals surface area contributed by atoms with Gasteiger partial charge in [-0.1, -0.05) is 32.6 Å². The maximum Gasteiger partial charge on any atom is 0.0105 e. The molecule has 1 N–H and O–H groups in total. The molecule has 0 saturated heterocycles. The molecule has 112 valence electrons. The van der Waals surface area contributed by atoms with E-state index in [-0.39, 0.29) is 0 Å². The van der Waals surface area contributed by atoms with Crippen molar-refractivity contribution >= 4 is 0 Å². The van der Waals surface area contributed by atoms with E-state index >= 15 is 0 Å². The first-order valence-electron chi connectivity index (χ1n) is 8.62. The van der Waals surface area contributed by atoms with Crippen molar-refractivity contribution in [1.29, 1.82) is 0 Å². The van der Waals surface area contributed by atoms with Gasteiger partial charge in [0.15, 0.2) is 0 Å². The molecular formula is C17H34N2. The molecule has 2 rings (SSSR count). The van der Waals surface area contributed by atoms with Crippen LogP contribution < -0.4 is 5.32 Å². The van der Waals surface area contributed by atoms with Gasteiger partial charge in [0.05, 0.1) is 0 Å². The lowest BCUT2D eigenvalue weighted by Crippen LogP contribution is -2.46. The van der Waals surface area contributed by atoms with Crippen molar-refractivity contribution in [3.8, 4) is 0 Å². The third kappa shape index (κ3) is 4.19. The van der Waals surface area contributed by atoms with Gasteiger partial charge in [-0.2, -0.15) is 0 Å². The fourth-order valence-corrected chi connectivity index (χ4v) is 4.35. The molecule has 19 heavy (non-hydrogen) atoms. The van der Waals surface area contributed by atoms with Crippen LogP contribution in [0.4, 0.5) is 0 Å². The number of hydrogen-bond acceptors (Lipinski definition) is 2. The molecule has 3 atom stereocenters. The van der Waals surface area contributed by atoms with Crippen molar-refractivity contribution in [2.45, 2.75) is 76.8 Å². The van der Waals surface area contributed by atoms with Gasteiger partial charge in [-0.15, -0.1) is 0 Å². The highest BCUT2D eigenvalue weighted by atomic mass is 15.1. The summed E-state index contributed by atoms with van der Waals surface area (Å²) in [5.74, 6) is 1.85. The molecule has 0 amide bonds. The summed E-state index contributed by atoms with van der Waals surface area (Å²) in [5.41, 5.74) is 0. The Bertz CT molecular complexity index is 248. The average Bonchev–Trinajstić information content (AvgIpc) is 2.48. The van der Waals surface area contributed by atoms with E-state index in [0.29, 0.717) is 0 Å². The second-order valence-electron chi connectivity index (χ2n) is 6.97. The highest BCUT2D eigenvalue weighted by Gasteiger charge is 2.31. The molecule has 2 fully saturated rings. The van der Waals surface area contributed by atoms with Crippen LogP contribution in [0.5, 0.6) is 0 Å². The molecule has 2 nitrogen and oxygen atoms in total. The van der Waals surface area contributed by atoms with Crippen molar-refractivity contribution in [1.82, 2.24) is 10.2 Å². The molecule has 2 aliphatic carbocycles. The highest BCUT2D eigenvalue weighted by Crippen LogP contribution is 2.32. The molecule has 0 aromatic rings. The van der Waals surface area contributed by atoms with E-state index in [1.165, 1.54) is 64.3 Å². The molecule has 0 heterocycles. The Kier molecular flexibility index (Phi) is 6.15. The number of nitrogens with zero attached hydrogens (tertiary/aromatic N) is 1. The van der Waals surface area contributed by atoms with Crippen molar-refractivity contribution in [3.05, 3.63) is 0 Å². The number of nitrogens with one attached hydrogen (secondary N) is 1. The van der Waals surface area contributed by atoms with Crippen molar-refractivity contribution in [2.24, 2.45) is 11.8 Å². The van der Waals surface area contributed by atoms with Gasteiger partial charge in [0.1, 0.15) is 0 Å². The smallest absolute Gasteiger partial charge is 0.0105 e. The van der Waals surface area contributed by atoms with E-state index in [1.54, 1.807) is 0 Å². The first-order chi connectivity index (χ1) is 9.24. The van der Waals surface area contributed by atoms with Crippen LogP contribution in [0.15, 0.2) is 0 Å². The second kappa shape index (κ2) is 7.64. The fourth-order valence-electron chi connectivity index (χ4n) is 4.35. The summed E-state index contributed by atoms with van der Waals surface area (Å²) in [5, 5.41) is 3.58. The SMILES string of the molecule is CCC1CCC(NC)C(CN(C)C2CCCCC2)C1. The molecule has 0 bridgehead atoms. The zero-order valence-electron chi connectivity index (χ0n) is 13.3. The molecule has 0 aliphatic heterocycles. The largest absolute Gasteiger partial charge is 0.317 e. The molecule has 0 aromatic heterocycles. The van der Waals surface area contributed by atoms with Crippen LogP contribution in [0.1, 0.15) is 64.7 Å². The van der Waals surface area contributed by atoms with E-state index in [2.05, 4.69) is 31.2 Å². The van der Waals surface area contributed by atoms with Crippen LogP contribution in [0.2, 0.25) is 0 Å². The van der Waals surface area contributed by atoms with E-state index in [9.17, 15) is 0 Å². The number of hydrogen-bond donors (Lipinski definition) is 1. The predicted octanol–water partition coefficient (Wildman–Crippen LogP) is 3.67. The first kappa shape index (κ1) is 15.3. The fraction of sp³-hybridized carbons (Fsp3) is 1.00. The Morgan fingerprint density at radius 3 is 2.42 bits per heavy atom. The van der Waals surface area contributed by atoms with Crippen LogP contribution in [0, 0.1) is 11.8 Å². The summed E-state index contributed by atoms with van der Waals surface area (Å²) in [4.78, 5) is 2.69. The van der Waals surface area contributed by atoms with Crippen molar-refractivity contribution < 1.29 is 0 Å². The highest BCUT2D eigenvalue weighted by molar-refractivity contribution is 4.86. The molecule has 0 aromatic carbocycles. The maximum absolute atomic E-state index is 3.58. The third-order valence-electron chi connectivity index (χ3n) is 5.76. The minimum Gasteiger partial charge on any atom is -0.317 e. The van der Waals surface area contributed by atoms with Crippen LogP contribution in [-0.4, -0.2) is 37.6 Å². The summed E-state index contributed by atoms with van der Waals surface area (Å²) in [6, 6.07) is 1.63. The Labute approximate surface area is 120 Å². The Balaban J connectivity index is 1.86. The Hall–Kier alpha value is -0.0800. The van der Waals surface area contributed by atoms with Gasteiger partial charge >= 0.3 is 0 Å². The average molecular weight is 266 g/mol. The summed E-state index contributed by atoms with van der Waals surface area (Å²) in [6.45, 7) is 3.68. The molecule has 2 aliphatic rings. The van der Waals surface area contributed by atoms with Crippen molar-refractivity contribution in [2.75, 3.05) is 20.6 Å². The van der Waals surface area contributed by atoms with Crippen LogP contribution in [0.3, 0.4) is 0 Å². The third-order valence-corrected chi connectivity index (χ3v) is 5.76. The van der Waals surface area contributed by atoms with Crippen LogP contribution in [-0.2, 0) is 0 Å². The van der Waals surface area contributed by atoms with E-state index in [0.717, 1.165) is 23.9 Å². The lowest BCUT2D eigenvalue weighted by atomic mass is 9.76. The normalized spacial score (nSPS) is 33.8. The molecular weight excluding hydrogens is 232 g/mol. The molecule has 2 saturated carbocycles. The van der Waals surface area contributed by atoms with Gasteiger partial charge in [-0.05, 0) is 58.0 Å². The van der Waals surface area contributed by atoms with Gasteiger partial charge in [-0.3, -0.25) is 0 Å². The maximum atomic E-state index is 3.58. The van der Waals surface area contributed by atoms with Crippen LogP contribution >= 0.6 is 0 Å². The summed E-state index contributed by atoms with van der Waals surface area (Å²) in [6.07, 6.45) is 12.9. The molecule has 3 unspecified atom stereocenters. The van der Waals surface area contributed by atoms with Crippen molar-refractivity contribution in [3.63, 3.8) is 0 Å². The zero-order valence-corrected chi connectivity index (χ0v) is 13.3. The predicted molar refractivity (Wildman–Crippen MR) is 83.5 cm³/mol. The number of rotatable bonds is 5. The molecule has 2 heteroatoms. The lowest BCUT2D eigenvalue weighted by molar-refractivity contribution is 0.115. The monoisotopic (exact) mass is 266 g/mol. The second-order valence-corrected chi connectivity index (χ2v) is 6.97. The quantitative estimate of drug-likeness (QED) is 0.817. The standard InChI is InChI=1S/C17H34N2/c1-4-14-10-11-17(18-2)15(12-14)13-19(3)16-8-6-5-7-9-16/h14-18H,4-13H2,1-3H3. The lowest BCUT2D eigenvalue weighted by Gasteiger charge is -2.40. The van der Waals surface area contributed by atoms with E-state index in [4.69, 9.17) is 0 Å². The molecule has 0 radical (unpaired) electrons. The summed E-state index contributed by atoms with van der Waals surface area (Å²) >= 11 is 0. The Morgan fingerprint density at radius 2 is 1.79 bits per heavy atom. The first-order valence-corrected chi connectivity index (χ1v) is 8.62. The minimum absolute atomic E-state index is 0.758. The van der Waals surface area contributed by atoms with E-state index in [1.807, 2.05) is 0 Å². The van der Waals surface area contributed by atoms with Gasteiger partial charge in [0, 0.05) is 18.6 Å². The molecule has 0 spiro atoms. The van der Waals surface area contributed by atoms with Crippen LogP contribution in [0.25, 0.3) is 0 Å². The topological polar surface area (TPSA) is 15.3 Å². The summed E-state index contributed by atoms with van der Waals surface area (Å²) < 4.78 is 0. The van der Waals surface area contributed by atoms with Gasteiger partial charge in [0.2, 0.25) is 0 Å². The minimum atomic E-state index is 0.758. The van der Waals surface area contributed by atoms with Gasteiger partial charge in [0.25, 0.3) is 0 Å². The zero-order chi connectivity index (χ0) is 13.7. The van der Waals surface area contributed by atoms with Gasteiger partial charge < -0.3 is 10.2 Å². The van der Waals surface area contributed by atoms with E-state index < -0.39 is 0 Å². The van der Waals surface area contributed by atoms with Gasteiger partial charge in [-0.25, -0.2) is 0 Å². The summed E-state index contributed by atoms with van der Waals surface area (Å²) in [7, 11) is 4.53. The Morgan fingerprint density at radius 1 is 1.05 bits per heavy atom.